The van der Waals surface area contributed by atoms with Gasteiger partial charge in [-0.3, -0.25) is 19.3 Å². The van der Waals surface area contributed by atoms with Crippen LogP contribution in [0, 0.1) is 5.92 Å². The summed E-state index contributed by atoms with van der Waals surface area (Å²) in [4.78, 5) is 46.9. The lowest BCUT2D eigenvalue weighted by molar-refractivity contribution is -0.132. The van der Waals surface area contributed by atoms with E-state index in [-0.39, 0.29) is 42.7 Å². The zero-order valence-electron chi connectivity index (χ0n) is 17.6. The fraction of sp³-hybridized carbons (Fsp3) is 0.455. The number of aromatic nitrogens is 2. The van der Waals surface area contributed by atoms with Crippen LogP contribution in [0.25, 0.3) is 0 Å². The van der Waals surface area contributed by atoms with Gasteiger partial charge in [0.05, 0.1) is 18.4 Å². The second-order valence-electron chi connectivity index (χ2n) is 8.12. The first kappa shape index (κ1) is 22.5. The summed E-state index contributed by atoms with van der Waals surface area (Å²) in [5.41, 5.74) is 7.07. The van der Waals surface area contributed by atoms with Crippen LogP contribution in [-0.2, 0) is 27.2 Å². The lowest BCUT2D eigenvalue weighted by atomic mass is 9.90. The Morgan fingerprint density at radius 3 is 2.61 bits per heavy atom. The number of likely N-dealkylation sites (N-methyl/N-ethyl adjacent to an activating group) is 1. The lowest BCUT2D eigenvalue weighted by Gasteiger charge is -2.24. The number of ketones is 1. The van der Waals surface area contributed by atoms with E-state index in [2.05, 4.69) is 15.3 Å². The van der Waals surface area contributed by atoms with Crippen LogP contribution in [0.4, 0.5) is 0 Å². The van der Waals surface area contributed by atoms with Gasteiger partial charge in [0.25, 0.3) is 0 Å². The van der Waals surface area contributed by atoms with Crippen LogP contribution < -0.4 is 11.1 Å². The summed E-state index contributed by atoms with van der Waals surface area (Å²) in [6, 6.07) is 5.37. The number of phenols is 1. The number of nitrogens with one attached hydrogen (secondary N) is 2. The molecule has 0 spiro atoms. The molecule has 31 heavy (non-hydrogen) atoms. The van der Waals surface area contributed by atoms with Gasteiger partial charge in [0.2, 0.25) is 11.8 Å². The van der Waals surface area contributed by atoms with Crippen molar-refractivity contribution in [1.29, 1.82) is 0 Å². The molecule has 1 saturated heterocycles. The van der Waals surface area contributed by atoms with Crippen LogP contribution in [0.1, 0.15) is 30.5 Å². The Morgan fingerprint density at radius 1 is 1.29 bits per heavy atom. The van der Waals surface area contributed by atoms with Crippen molar-refractivity contribution in [2.45, 2.75) is 44.2 Å². The highest BCUT2D eigenvalue weighted by atomic mass is 16.3. The zero-order valence-corrected chi connectivity index (χ0v) is 17.6. The first-order valence-electron chi connectivity index (χ1n) is 10.4. The molecule has 9 heteroatoms. The maximum atomic E-state index is 13.2. The topological polar surface area (TPSA) is 141 Å². The van der Waals surface area contributed by atoms with Gasteiger partial charge in [-0.15, -0.1) is 0 Å². The van der Waals surface area contributed by atoms with Gasteiger partial charge in [0.15, 0.2) is 5.78 Å². The second kappa shape index (κ2) is 10.2. The highest BCUT2D eigenvalue weighted by Gasteiger charge is 2.32. The molecule has 0 radical (unpaired) electrons. The van der Waals surface area contributed by atoms with E-state index in [1.165, 1.54) is 18.5 Å². The number of nitrogens with zero attached hydrogens (tertiary/aromatic N) is 2. The largest absolute Gasteiger partial charge is 0.508 e. The quantitative estimate of drug-likeness (QED) is 0.436. The number of hydrogen-bond donors (Lipinski definition) is 4. The molecule has 166 valence electrons. The molecule has 3 rings (SSSR count). The zero-order chi connectivity index (χ0) is 22.4. The van der Waals surface area contributed by atoms with E-state index in [9.17, 15) is 19.5 Å². The van der Waals surface area contributed by atoms with Gasteiger partial charge < -0.3 is 21.1 Å². The number of amides is 2. The number of primary amides is 1. The van der Waals surface area contributed by atoms with Crippen molar-refractivity contribution in [2.24, 2.45) is 11.7 Å². The summed E-state index contributed by atoms with van der Waals surface area (Å²) in [6.07, 6.45) is 5.25. The average Bonchev–Trinajstić information content (AvgIpc) is 3.40. The minimum Gasteiger partial charge on any atom is -0.508 e. The fourth-order valence-corrected chi connectivity index (χ4v) is 3.95. The third-order valence-electron chi connectivity index (χ3n) is 5.78. The minimum atomic E-state index is -0.788. The molecule has 0 aliphatic carbocycles. The van der Waals surface area contributed by atoms with Crippen LogP contribution in [0.3, 0.4) is 0 Å². The maximum Gasteiger partial charge on any atom is 0.237 e. The Morgan fingerprint density at radius 2 is 2.03 bits per heavy atom. The van der Waals surface area contributed by atoms with Crippen molar-refractivity contribution in [3.05, 3.63) is 48.0 Å². The van der Waals surface area contributed by atoms with E-state index in [1.54, 1.807) is 18.3 Å². The number of aromatic hydroxyl groups is 1. The smallest absolute Gasteiger partial charge is 0.237 e. The van der Waals surface area contributed by atoms with E-state index in [0.717, 1.165) is 24.9 Å². The van der Waals surface area contributed by atoms with Crippen LogP contribution in [0.15, 0.2) is 36.8 Å². The molecule has 1 aromatic heterocycles. The predicted octanol–water partition coefficient (Wildman–Crippen LogP) is 0.540. The number of Topliss-reactive ketones (excluding diaryl/α,β-unsaturated/α-hetero) is 1. The van der Waals surface area contributed by atoms with Crippen molar-refractivity contribution in [3.63, 3.8) is 0 Å². The summed E-state index contributed by atoms with van der Waals surface area (Å²) in [5.74, 6) is -1.62. The SMILES string of the molecule is CN1CCC[C@H]1C(=O)N[C@@H](Cc1cnc[nH]1)C(=O)C[C@@H](Cc1ccc(O)cc1)C(N)=O. The number of aromatic amines is 1. The number of carbonyl (C=O) groups is 3. The summed E-state index contributed by atoms with van der Waals surface area (Å²) in [5, 5.41) is 12.3. The highest BCUT2D eigenvalue weighted by molar-refractivity contribution is 5.93. The van der Waals surface area contributed by atoms with Crippen LogP contribution in [0.5, 0.6) is 5.75 Å². The van der Waals surface area contributed by atoms with Crippen LogP contribution >= 0.6 is 0 Å². The molecule has 2 aromatic rings. The number of nitrogens with two attached hydrogens (primary N) is 1. The van der Waals surface area contributed by atoms with Crippen molar-refractivity contribution in [2.75, 3.05) is 13.6 Å². The minimum absolute atomic E-state index is 0.0875. The molecule has 0 unspecified atom stereocenters. The first-order chi connectivity index (χ1) is 14.8. The van der Waals surface area contributed by atoms with E-state index in [1.807, 2.05) is 11.9 Å². The summed E-state index contributed by atoms with van der Waals surface area (Å²) < 4.78 is 0. The van der Waals surface area contributed by atoms with Gasteiger partial charge >= 0.3 is 0 Å². The average molecular weight is 428 g/mol. The standard InChI is InChI=1S/C22H29N5O4/c1-27-8-2-3-19(27)22(31)26-18(11-16-12-24-13-25-16)20(29)10-15(21(23)30)9-14-4-6-17(28)7-5-14/h4-7,12-13,15,18-19,28H,2-3,8-11H2,1H3,(H2,23,30)(H,24,25)(H,26,31)/t15-,18+,19+/m1/s1. The van der Waals surface area contributed by atoms with E-state index in [4.69, 9.17) is 5.73 Å². The van der Waals surface area contributed by atoms with Crippen molar-refractivity contribution in [1.82, 2.24) is 20.2 Å². The molecule has 1 aromatic carbocycles. The number of hydrogen-bond acceptors (Lipinski definition) is 6. The van der Waals surface area contributed by atoms with Gasteiger partial charge in [-0.2, -0.15) is 0 Å². The van der Waals surface area contributed by atoms with Gasteiger partial charge in [0.1, 0.15) is 5.75 Å². The predicted molar refractivity (Wildman–Crippen MR) is 114 cm³/mol. The lowest BCUT2D eigenvalue weighted by Crippen LogP contribution is -2.50. The molecule has 2 amide bonds. The van der Waals surface area contributed by atoms with Gasteiger partial charge in [-0.25, -0.2) is 4.98 Å². The second-order valence-corrected chi connectivity index (χ2v) is 8.12. The molecule has 1 fully saturated rings. The van der Waals surface area contributed by atoms with Gasteiger partial charge in [-0.1, -0.05) is 12.1 Å². The van der Waals surface area contributed by atoms with Crippen molar-refractivity contribution < 1.29 is 19.5 Å². The maximum absolute atomic E-state index is 13.2. The molecular weight excluding hydrogens is 398 g/mol. The first-order valence-corrected chi connectivity index (χ1v) is 10.4. The molecule has 2 heterocycles. The molecular formula is C22H29N5O4. The number of rotatable bonds is 10. The van der Waals surface area contributed by atoms with Gasteiger partial charge in [0, 0.05) is 30.7 Å². The fourth-order valence-electron chi connectivity index (χ4n) is 3.95. The van der Waals surface area contributed by atoms with Crippen LogP contribution in [-0.4, -0.2) is 63.2 Å². The number of likely N-dealkylation sites (tertiary alicyclic amines) is 1. The van der Waals surface area contributed by atoms with Gasteiger partial charge in [-0.05, 0) is 50.6 Å². The van der Waals surface area contributed by atoms with E-state index < -0.39 is 17.9 Å². The summed E-state index contributed by atoms with van der Waals surface area (Å²) >= 11 is 0. The Balaban J connectivity index is 1.71. The molecule has 3 atom stereocenters. The molecule has 9 nitrogen and oxygen atoms in total. The number of H-pyrrole nitrogens is 1. The number of benzene rings is 1. The highest BCUT2D eigenvalue weighted by Crippen LogP contribution is 2.19. The Bertz CT molecular complexity index is 897. The third-order valence-corrected chi connectivity index (χ3v) is 5.78. The third kappa shape index (κ3) is 6.14. The number of phenolic OH excluding ortho intramolecular Hbond substituents is 1. The molecule has 0 saturated carbocycles. The molecule has 1 aliphatic heterocycles. The summed E-state index contributed by atoms with van der Waals surface area (Å²) in [6.45, 7) is 0.841. The molecule has 5 N–H and O–H groups in total. The van der Waals surface area contributed by atoms with E-state index in [0.29, 0.717) is 5.69 Å². The van der Waals surface area contributed by atoms with Crippen molar-refractivity contribution in [3.8, 4) is 5.75 Å². The summed E-state index contributed by atoms with van der Waals surface area (Å²) in [7, 11) is 1.89. The van der Waals surface area contributed by atoms with Crippen molar-refractivity contribution >= 4 is 17.6 Å². The monoisotopic (exact) mass is 427 g/mol. The van der Waals surface area contributed by atoms with Crippen LogP contribution in [0.2, 0.25) is 0 Å². The Hall–Kier alpha value is -3.20. The molecule has 1 aliphatic rings. The normalized spacial score (nSPS) is 18.4. The molecule has 0 bridgehead atoms. The van der Waals surface area contributed by atoms with E-state index >= 15 is 0 Å². The number of imidazole rings is 1. The number of carbonyl (C=O) groups excluding carboxylic acids is 3. The Labute approximate surface area is 181 Å². The Kier molecular flexibility index (Phi) is 7.41.